The molecule has 0 unspecified atom stereocenters. The molecule has 0 bridgehead atoms. The van der Waals surface area contributed by atoms with Crippen LogP contribution in [0.15, 0.2) is 16.3 Å². The number of hydrogen-bond acceptors (Lipinski definition) is 5. The molecule has 5 nitrogen and oxygen atoms in total. The Bertz CT molecular complexity index is 559. The summed E-state index contributed by atoms with van der Waals surface area (Å²) in [6.45, 7) is 2.65. The molecule has 1 aliphatic carbocycles. The van der Waals surface area contributed by atoms with E-state index in [-0.39, 0.29) is 0 Å². The number of ether oxygens (including phenoxy) is 1. The lowest BCUT2D eigenvalue weighted by Gasteiger charge is -2.25. The second-order valence-electron chi connectivity index (χ2n) is 5.60. The highest BCUT2D eigenvalue weighted by Gasteiger charge is 2.27. The number of thiophene rings is 1. The normalized spacial score (nSPS) is 21.9. The lowest BCUT2D eigenvalue weighted by molar-refractivity contribution is 0.0731. The Morgan fingerprint density at radius 2 is 1.95 bits per heavy atom. The third kappa shape index (κ3) is 3.65. The molecular weight excluding hydrogens is 308 g/mol. The molecule has 0 atom stereocenters. The molecule has 2 aliphatic rings. The van der Waals surface area contributed by atoms with Gasteiger partial charge in [0.2, 0.25) is 0 Å². The fourth-order valence-corrected chi connectivity index (χ4v) is 5.75. The number of sulfonamides is 1. The van der Waals surface area contributed by atoms with Crippen molar-refractivity contribution in [3.8, 4) is 0 Å². The zero-order valence-corrected chi connectivity index (χ0v) is 13.7. The molecule has 1 N–H and O–H groups in total. The minimum Gasteiger partial charge on any atom is -0.379 e. The highest BCUT2D eigenvalue weighted by Crippen LogP contribution is 2.26. The monoisotopic (exact) mass is 330 g/mol. The Hall–Kier alpha value is -0.470. The van der Waals surface area contributed by atoms with Crippen LogP contribution < -0.4 is 5.32 Å². The van der Waals surface area contributed by atoms with Crippen molar-refractivity contribution in [1.29, 1.82) is 0 Å². The second kappa shape index (κ2) is 6.75. The third-order valence-corrected chi connectivity index (χ3v) is 7.57. The van der Waals surface area contributed by atoms with Crippen molar-refractivity contribution in [2.75, 3.05) is 26.3 Å². The van der Waals surface area contributed by atoms with Gasteiger partial charge in [0.25, 0.3) is 10.0 Å². The number of hydrogen-bond donors (Lipinski definition) is 1. The zero-order chi connectivity index (χ0) is 14.7. The number of nitrogens with one attached hydrogen (secondary N) is 1. The number of rotatable bonds is 5. The summed E-state index contributed by atoms with van der Waals surface area (Å²) in [7, 11) is -3.33. The molecule has 1 saturated heterocycles. The maximum absolute atomic E-state index is 12.5. The second-order valence-corrected chi connectivity index (χ2v) is 8.93. The molecule has 0 radical (unpaired) electrons. The topological polar surface area (TPSA) is 58.6 Å². The predicted octanol–water partition coefficient (Wildman–Crippen LogP) is 1.80. The highest BCUT2D eigenvalue weighted by molar-refractivity contribution is 7.91. The molecule has 1 saturated carbocycles. The first-order valence-electron chi connectivity index (χ1n) is 7.56. The average molecular weight is 330 g/mol. The van der Waals surface area contributed by atoms with E-state index in [1.807, 2.05) is 6.07 Å². The molecule has 1 aliphatic heterocycles. The highest BCUT2D eigenvalue weighted by atomic mass is 32.2. The lowest BCUT2D eigenvalue weighted by atomic mass is 10.2. The SMILES string of the molecule is O=S(=O)(c1ccc(CNC2CCCC2)s1)N1CCOCC1. The summed E-state index contributed by atoms with van der Waals surface area (Å²) in [6, 6.07) is 4.27. The van der Waals surface area contributed by atoms with Crippen LogP contribution in [-0.2, 0) is 21.3 Å². The maximum atomic E-state index is 12.5. The largest absolute Gasteiger partial charge is 0.379 e. The Kier molecular flexibility index (Phi) is 4.96. The molecule has 3 rings (SSSR count). The van der Waals surface area contributed by atoms with Crippen LogP contribution in [-0.4, -0.2) is 45.1 Å². The summed E-state index contributed by atoms with van der Waals surface area (Å²) in [4.78, 5) is 1.09. The fourth-order valence-electron chi connectivity index (χ4n) is 2.88. The van der Waals surface area contributed by atoms with Crippen molar-refractivity contribution in [1.82, 2.24) is 9.62 Å². The van der Waals surface area contributed by atoms with Gasteiger partial charge in [-0.25, -0.2) is 8.42 Å². The molecular formula is C14H22N2O3S2. The number of nitrogens with zero attached hydrogens (tertiary/aromatic N) is 1. The summed E-state index contributed by atoms with van der Waals surface area (Å²) in [5.74, 6) is 0. The van der Waals surface area contributed by atoms with Crippen molar-refractivity contribution in [3.05, 3.63) is 17.0 Å². The summed E-state index contributed by atoms with van der Waals surface area (Å²) < 4.78 is 32.2. The van der Waals surface area contributed by atoms with Crippen molar-refractivity contribution >= 4 is 21.4 Å². The maximum Gasteiger partial charge on any atom is 0.252 e. The smallest absolute Gasteiger partial charge is 0.252 e. The van der Waals surface area contributed by atoms with Gasteiger partial charge in [-0.15, -0.1) is 11.3 Å². The molecule has 2 fully saturated rings. The van der Waals surface area contributed by atoms with Crippen LogP contribution in [0.1, 0.15) is 30.6 Å². The third-order valence-electron chi connectivity index (χ3n) is 4.12. The van der Waals surface area contributed by atoms with Crippen molar-refractivity contribution in [2.45, 2.75) is 42.5 Å². The molecule has 0 spiro atoms. The summed E-state index contributed by atoms with van der Waals surface area (Å²) in [6.07, 6.45) is 5.09. The Morgan fingerprint density at radius 3 is 2.67 bits per heavy atom. The predicted molar refractivity (Wildman–Crippen MR) is 83.0 cm³/mol. The van der Waals surface area contributed by atoms with E-state index in [0.717, 1.165) is 11.4 Å². The van der Waals surface area contributed by atoms with E-state index in [4.69, 9.17) is 4.74 Å². The molecule has 0 amide bonds. The van der Waals surface area contributed by atoms with Gasteiger partial charge < -0.3 is 10.1 Å². The van der Waals surface area contributed by atoms with Crippen LogP contribution in [0.4, 0.5) is 0 Å². The quantitative estimate of drug-likeness (QED) is 0.894. The van der Waals surface area contributed by atoms with Crippen LogP contribution in [0.2, 0.25) is 0 Å². The van der Waals surface area contributed by atoms with Gasteiger partial charge in [-0.05, 0) is 25.0 Å². The first-order valence-corrected chi connectivity index (χ1v) is 9.82. The van der Waals surface area contributed by atoms with Gasteiger partial charge >= 0.3 is 0 Å². The number of morpholine rings is 1. The fraction of sp³-hybridized carbons (Fsp3) is 0.714. The van der Waals surface area contributed by atoms with E-state index in [1.165, 1.54) is 41.3 Å². The van der Waals surface area contributed by atoms with Gasteiger partial charge in [-0.3, -0.25) is 0 Å². The van der Waals surface area contributed by atoms with E-state index in [1.54, 1.807) is 6.07 Å². The van der Waals surface area contributed by atoms with Gasteiger partial charge in [-0.1, -0.05) is 12.8 Å². The Balaban J connectivity index is 1.63. The van der Waals surface area contributed by atoms with E-state index < -0.39 is 10.0 Å². The lowest BCUT2D eigenvalue weighted by Crippen LogP contribution is -2.40. The Morgan fingerprint density at radius 1 is 1.24 bits per heavy atom. The van der Waals surface area contributed by atoms with Crippen LogP contribution in [0.25, 0.3) is 0 Å². The standard InChI is InChI=1S/C14H22N2O3S2/c17-21(18,16-7-9-19-10-8-16)14-6-5-13(20-14)11-15-12-3-1-2-4-12/h5-6,12,15H,1-4,7-11H2. The molecule has 0 aromatic carbocycles. The van der Waals surface area contributed by atoms with Crippen LogP contribution >= 0.6 is 11.3 Å². The van der Waals surface area contributed by atoms with Crippen LogP contribution in [0.3, 0.4) is 0 Å². The van der Waals surface area contributed by atoms with Crippen LogP contribution in [0, 0.1) is 0 Å². The van der Waals surface area contributed by atoms with Gasteiger partial charge in [0.15, 0.2) is 0 Å². The van der Waals surface area contributed by atoms with Gasteiger partial charge in [0, 0.05) is 30.6 Å². The first kappa shape index (κ1) is 15.4. The molecule has 7 heteroatoms. The van der Waals surface area contributed by atoms with Gasteiger partial charge in [0.05, 0.1) is 13.2 Å². The summed E-state index contributed by atoms with van der Waals surface area (Å²) in [5.41, 5.74) is 0. The van der Waals surface area contributed by atoms with Crippen molar-refractivity contribution < 1.29 is 13.2 Å². The van der Waals surface area contributed by atoms with Gasteiger partial charge in [-0.2, -0.15) is 4.31 Å². The summed E-state index contributed by atoms with van der Waals surface area (Å²) in [5, 5.41) is 3.52. The van der Waals surface area contributed by atoms with Gasteiger partial charge in [0.1, 0.15) is 4.21 Å². The van der Waals surface area contributed by atoms with E-state index in [0.29, 0.717) is 36.6 Å². The van der Waals surface area contributed by atoms with E-state index >= 15 is 0 Å². The van der Waals surface area contributed by atoms with E-state index in [2.05, 4.69) is 5.32 Å². The van der Waals surface area contributed by atoms with Crippen LogP contribution in [0.5, 0.6) is 0 Å². The first-order chi connectivity index (χ1) is 10.2. The average Bonchev–Trinajstić information content (AvgIpc) is 3.18. The molecule has 2 heterocycles. The molecule has 118 valence electrons. The Labute approximate surface area is 130 Å². The van der Waals surface area contributed by atoms with E-state index in [9.17, 15) is 8.42 Å². The molecule has 1 aromatic heterocycles. The van der Waals surface area contributed by atoms with Crippen molar-refractivity contribution in [2.24, 2.45) is 0 Å². The molecule has 1 aromatic rings. The van der Waals surface area contributed by atoms with Crippen molar-refractivity contribution in [3.63, 3.8) is 0 Å². The minimum absolute atomic E-state index is 0.452. The minimum atomic E-state index is -3.33. The summed E-state index contributed by atoms with van der Waals surface area (Å²) >= 11 is 1.38. The molecule has 21 heavy (non-hydrogen) atoms. The zero-order valence-electron chi connectivity index (χ0n) is 12.1.